The molecule has 1 N–H and O–H groups in total. The van der Waals surface area contributed by atoms with Gasteiger partial charge in [-0.05, 0) is 22.4 Å². The van der Waals surface area contributed by atoms with Crippen LogP contribution in [0.5, 0.6) is 0 Å². The van der Waals surface area contributed by atoms with Crippen LogP contribution in [0.4, 0.5) is 0 Å². The number of carbonyl (C=O) groups is 1. The number of hydrogen-bond donors (Lipinski definition) is 1. The van der Waals surface area contributed by atoms with Gasteiger partial charge in [0.15, 0.2) is 0 Å². The average Bonchev–Trinajstić information content (AvgIpc) is 2.78. The second kappa shape index (κ2) is 7.77. The first-order valence-corrected chi connectivity index (χ1v) is 9.16. The molecule has 1 unspecified atom stereocenters. The molecule has 0 spiro atoms. The molecule has 28 heavy (non-hydrogen) atoms. The van der Waals surface area contributed by atoms with Crippen molar-refractivity contribution in [3.63, 3.8) is 0 Å². The standard InChI is InChI=1S/C25H20O3/c26-24(21-10-3-1-4-11-21)25(27,23-13-5-2-6-14-23)28-18-19-15-16-20-9-7-8-12-22(20)17-19/h1-17,27H,18H2. The van der Waals surface area contributed by atoms with Gasteiger partial charge in [-0.2, -0.15) is 0 Å². The lowest BCUT2D eigenvalue weighted by Gasteiger charge is -2.27. The predicted octanol–water partition coefficient (Wildman–Crippen LogP) is 5.08. The van der Waals surface area contributed by atoms with Crippen molar-refractivity contribution in [1.82, 2.24) is 0 Å². The summed E-state index contributed by atoms with van der Waals surface area (Å²) in [5.74, 6) is -2.55. The first-order valence-electron chi connectivity index (χ1n) is 9.16. The smallest absolute Gasteiger partial charge is 0.259 e. The lowest BCUT2D eigenvalue weighted by Crippen LogP contribution is -2.38. The van der Waals surface area contributed by atoms with Crippen molar-refractivity contribution in [3.05, 3.63) is 120 Å². The number of rotatable bonds is 6. The molecule has 0 heterocycles. The summed E-state index contributed by atoms with van der Waals surface area (Å²) in [7, 11) is 0. The molecule has 0 aliphatic carbocycles. The Bertz CT molecular complexity index is 1090. The Hall–Kier alpha value is -3.27. The van der Waals surface area contributed by atoms with E-state index in [1.54, 1.807) is 48.5 Å². The van der Waals surface area contributed by atoms with Gasteiger partial charge in [0, 0.05) is 11.1 Å². The van der Waals surface area contributed by atoms with Gasteiger partial charge in [0.25, 0.3) is 5.79 Å². The maximum absolute atomic E-state index is 13.1. The van der Waals surface area contributed by atoms with E-state index in [9.17, 15) is 9.90 Å². The zero-order valence-corrected chi connectivity index (χ0v) is 15.3. The minimum Gasteiger partial charge on any atom is -0.356 e. The summed E-state index contributed by atoms with van der Waals surface area (Å²) in [6.45, 7) is 0.106. The van der Waals surface area contributed by atoms with Crippen LogP contribution in [-0.2, 0) is 17.1 Å². The summed E-state index contributed by atoms with van der Waals surface area (Å²) in [6, 6.07) is 31.5. The fourth-order valence-corrected chi connectivity index (χ4v) is 3.25. The maximum atomic E-state index is 13.1. The third-order valence-electron chi connectivity index (χ3n) is 4.77. The minimum absolute atomic E-state index is 0.106. The second-order valence-corrected chi connectivity index (χ2v) is 6.68. The van der Waals surface area contributed by atoms with Crippen LogP contribution in [0.2, 0.25) is 0 Å². The topological polar surface area (TPSA) is 46.5 Å². The molecular weight excluding hydrogens is 348 g/mol. The van der Waals surface area contributed by atoms with E-state index in [4.69, 9.17) is 4.74 Å². The Morgan fingerprint density at radius 3 is 2.07 bits per heavy atom. The van der Waals surface area contributed by atoms with Crippen molar-refractivity contribution in [2.24, 2.45) is 0 Å². The first kappa shape index (κ1) is 18.1. The highest BCUT2D eigenvalue weighted by Gasteiger charge is 2.39. The summed E-state index contributed by atoms with van der Waals surface area (Å²) in [4.78, 5) is 13.1. The molecule has 0 saturated heterocycles. The van der Waals surface area contributed by atoms with Crippen LogP contribution in [0.3, 0.4) is 0 Å². The summed E-state index contributed by atoms with van der Waals surface area (Å²) >= 11 is 0. The minimum atomic E-state index is -2.06. The van der Waals surface area contributed by atoms with Gasteiger partial charge >= 0.3 is 0 Å². The Balaban J connectivity index is 1.66. The van der Waals surface area contributed by atoms with Crippen molar-refractivity contribution in [3.8, 4) is 0 Å². The Kier molecular flexibility index (Phi) is 5.02. The van der Waals surface area contributed by atoms with E-state index in [1.807, 2.05) is 54.6 Å². The second-order valence-electron chi connectivity index (χ2n) is 6.68. The van der Waals surface area contributed by atoms with Crippen LogP contribution in [0.15, 0.2) is 103 Å². The Morgan fingerprint density at radius 1 is 0.750 bits per heavy atom. The van der Waals surface area contributed by atoms with Crippen LogP contribution in [0.1, 0.15) is 21.5 Å². The highest BCUT2D eigenvalue weighted by atomic mass is 16.6. The highest BCUT2D eigenvalue weighted by Crippen LogP contribution is 2.29. The van der Waals surface area contributed by atoms with Gasteiger partial charge in [0.2, 0.25) is 5.78 Å². The number of Topliss-reactive ketones (excluding diaryl/α,β-unsaturated/α-hetero) is 1. The molecule has 1 atom stereocenters. The SMILES string of the molecule is O=C(c1ccccc1)C(O)(OCc1ccc2ccccc2c1)c1ccccc1. The molecular formula is C25H20O3. The Morgan fingerprint density at radius 2 is 1.36 bits per heavy atom. The van der Waals surface area contributed by atoms with Gasteiger partial charge in [0.05, 0.1) is 6.61 Å². The molecule has 0 radical (unpaired) electrons. The van der Waals surface area contributed by atoms with Gasteiger partial charge < -0.3 is 9.84 Å². The Labute approximate surface area is 163 Å². The number of hydrogen-bond acceptors (Lipinski definition) is 3. The van der Waals surface area contributed by atoms with E-state index in [-0.39, 0.29) is 6.61 Å². The molecule has 0 bridgehead atoms. The molecule has 4 aromatic rings. The zero-order valence-electron chi connectivity index (χ0n) is 15.3. The van der Waals surface area contributed by atoms with E-state index < -0.39 is 11.6 Å². The van der Waals surface area contributed by atoms with Crippen LogP contribution >= 0.6 is 0 Å². The van der Waals surface area contributed by atoms with E-state index in [0.29, 0.717) is 11.1 Å². The van der Waals surface area contributed by atoms with Crippen LogP contribution in [0.25, 0.3) is 10.8 Å². The van der Waals surface area contributed by atoms with Crippen molar-refractivity contribution in [2.75, 3.05) is 0 Å². The third-order valence-corrected chi connectivity index (χ3v) is 4.77. The molecule has 0 aliphatic rings. The highest BCUT2D eigenvalue weighted by molar-refractivity contribution is 6.01. The number of fused-ring (bicyclic) bond motifs is 1. The number of ether oxygens (including phenoxy) is 1. The summed E-state index contributed by atoms with van der Waals surface area (Å²) in [6.07, 6.45) is 0. The van der Waals surface area contributed by atoms with Crippen LogP contribution < -0.4 is 0 Å². The quantitative estimate of drug-likeness (QED) is 0.381. The van der Waals surface area contributed by atoms with Crippen molar-refractivity contribution in [1.29, 1.82) is 0 Å². The van der Waals surface area contributed by atoms with Gasteiger partial charge in [-0.15, -0.1) is 0 Å². The normalized spacial score (nSPS) is 13.2. The number of ketones is 1. The molecule has 0 fully saturated rings. The molecule has 3 nitrogen and oxygen atoms in total. The molecule has 0 saturated carbocycles. The van der Waals surface area contributed by atoms with Gasteiger partial charge in [-0.25, -0.2) is 0 Å². The maximum Gasteiger partial charge on any atom is 0.259 e. The first-order chi connectivity index (χ1) is 13.7. The molecule has 138 valence electrons. The lowest BCUT2D eigenvalue weighted by atomic mass is 9.96. The van der Waals surface area contributed by atoms with Gasteiger partial charge in [0.1, 0.15) is 0 Å². The molecule has 3 heteroatoms. The van der Waals surface area contributed by atoms with E-state index >= 15 is 0 Å². The predicted molar refractivity (Wildman–Crippen MR) is 110 cm³/mol. The van der Waals surface area contributed by atoms with Crippen LogP contribution in [-0.4, -0.2) is 10.9 Å². The van der Waals surface area contributed by atoms with E-state index in [0.717, 1.165) is 16.3 Å². The lowest BCUT2D eigenvalue weighted by molar-refractivity contribution is -0.181. The zero-order chi connectivity index (χ0) is 19.4. The average molecular weight is 368 g/mol. The van der Waals surface area contributed by atoms with Crippen LogP contribution in [0, 0.1) is 0 Å². The summed E-state index contributed by atoms with van der Waals surface area (Å²) in [5, 5.41) is 13.5. The number of aliphatic hydroxyl groups is 1. The summed E-state index contributed by atoms with van der Waals surface area (Å²) in [5.41, 5.74) is 1.69. The third kappa shape index (κ3) is 3.58. The molecule has 4 aromatic carbocycles. The number of carbonyl (C=O) groups excluding carboxylic acids is 1. The van der Waals surface area contributed by atoms with Gasteiger partial charge in [-0.3, -0.25) is 4.79 Å². The largest absolute Gasteiger partial charge is 0.356 e. The van der Waals surface area contributed by atoms with Gasteiger partial charge in [-0.1, -0.05) is 97.1 Å². The molecule has 4 rings (SSSR count). The molecule has 0 amide bonds. The summed E-state index contributed by atoms with van der Waals surface area (Å²) < 4.78 is 5.87. The van der Waals surface area contributed by atoms with Crippen molar-refractivity contribution >= 4 is 16.6 Å². The number of benzene rings is 4. The fourth-order valence-electron chi connectivity index (χ4n) is 3.25. The van der Waals surface area contributed by atoms with E-state index in [2.05, 4.69) is 0 Å². The molecule has 0 aliphatic heterocycles. The van der Waals surface area contributed by atoms with Crippen molar-refractivity contribution in [2.45, 2.75) is 12.4 Å². The fraction of sp³-hybridized carbons (Fsp3) is 0.0800. The van der Waals surface area contributed by atoms with Crippen molar-refractivity contribution < 1.29 is 14.6 Å². The van der Waals surface area contributed by atoms with E-state index in [1.165, 1.54) is 0 Å². The monoisotopic (exact) mass is 368 g/mol. The molecule has 0 aromatic heterocycles.